The zero-order chi connectivity index (χ0) is 39.3. The number of fused-ring (bicyclic) bond motifs is 12. The fourth-order valence-corrected chi connectivity index (χ4v) is 10.2. The molecular formula is C56H38N4. The van der Waals surface area contributed by atoms with Gasteiger partial charge in [0.1, 0.15) is 0 Å². The number of benzene rings is 9. The lowest BCUT2D eigenvalue weighted by molar-refractivity contribution is 0.956. The van der Waals surface area contributed by atoms with E-state index in [1.807, 2.05) is 0 Å². The van der Waals surface area contributed by atoms with Crippen molar-refractivity contribution in [3.63, 3.8) is 0 Å². The van der Waals surface area contributed by atoms with Crippen molar-refractivity contribution < 1.29 is 0 Å². The van der Waals surface area contributed by atoms with Crippen LogP contribution in [-0.4, -0.2) is 19.9 Å². The van der Waals surface area contributed by atoms with Crippen molar-refractivity contribution in [1.82, 2.24) is 19.9 Å². The molecule has 9 aromatic carbocycles. The first kappa shape index (κ1) is 33.2. The van der Waals surface area contributed by atoms with Crippen LogP contribution in [0.15, 0.2) is 194 Å². The normalized spacial score (nSPS) is 12.3. The quantitative estimate of drug-likeness (QED) is 0.122. The number of H-pyrrole nitrogens is 4. The number of para-hydroxylation sites is 4. The molecule has 4 aromatic heterocycles. The Bertz CT molecular complexity index is 3320. The second-order valence-electron chi connectivity index (χ2n) is 16.4. The van der Waals surface area contributed by atoms with Gasteiger partial charge in [-0.1, -0.05) is 121 Å². The van der Waals surface area contributed by atoms with Gasteiger partial charge in [-0.05, 0) is 106 Å². The highest BCUT2D eigenvalue weighted by molar-refractivity contribution is 6.10. The second kappa shape index (κ2) is 12.8. The van der Waals surface area contributed by atoms with Crippen LogP contribution in [0.3, 0.4) is 0 Å². The van der Waals surface area contributed by atoms with Crippen LogP contribution in [-0.2, 0) is 0 Å². The molecule has 0 aliphatic heterocycles. The summed E-state index contributed by atoms with van der Waals surface area (Å²) >= 11 is 0. The molecule has 0 unspecified atom stereocenters. The maximum Gasteiger partial charge on any atom is 0.0465 e. The lowest BCUT2D eigenvalue weighted by Crippen LogP contribution is -2.06. The summed E-state index contributed by atoms with van der Waals surface area (Å²) in [4.78, 5) is 14.6. The summed E-state index contributed by atoms with van der Waals surface area (Å²) in [6, 6.07) is 71.9. The molecule has 4 nitrogen and oxygen atoms in total. The summed E-state index contributed by atoms with van der Waals surface area (Å²) in [5, 5.41) is 9.99. The van der Waals surface area contributed by atoms with Crippen LogP contribution in [0.25, 0.3) is 87.2 Å². The molecule has 0 aliphatic carbocycles. The molecule has 13 aromatic rings. The molecule has 0 bridgehead atoms. The second-order valence-corrected chi connectivity index (χ2v) is 16.4. The van der Waals surface area contributed by atoms with Gasteiger partial charge in [0.05, 0.1) is 0 Å². The highest BCUT2D eigenvalue weighted by Gasteiger charge is 2.23. The van der Waals surface area contributed by atoms with Gasteiger partial charge in [-0.25, -0.2) is 0 Å². The van der Waals surface area contributed by atoms with Crippen molar-refractivity contribution in [3.05, 3.63) is 228 Å². The van der Waals surface area contributed by atoms with Crippen LogP contribution in [0.1, 0.15) is 45.2 Å². The Morgan fingerprint density at radius 3 is 0.683 bits per heavy atom. The van der Waals surface area contributed by atoms with Crippen LogP contribution < -0.4 is 0 Å². The van der Waals surface area contributed by atoms with Crippen LogP contribution in [0.4, 0.5) is 0 Å². The molecule has 0 aliphatic rings. The van der Waals surface area contributed by atoms with Crippen LogP contribution in [0.5, 0.6) is 0 Å². The lowest BCUT2D eigenvalue weighted by Gasteiger charge is -2.23. The van der Waals surface area contributed by atoms with E-state index in [0.29, 0.717) is 0 Å². The highest BCUT2D eigenvalue weighted by Crippen LogP contribution is 2.41. The molecule has 60 heavy (non-hydrogen) atoms. The fraction of sp³-hybridized carbons (Fsp3) is 0.0357. The minimum absolute atomic E-state index is 0.0127. The first-order valence-electron chi connectivity index (χ1n) is 20.8. The predicted octanol–water partition coefficient (Wildman–Crippen LogP) is 14.6. The molecule has 0 saturated carbocycles. The van der Waals surface area contributed by atoms with Crippen molar-refractivity contribution in [2.75, 3.05) is 0 Å². The van der Waals surface area contributed by atoms with Gasteiger partial charge in [-0.15, -0.1) is 0 Å². The van der Waals surface area contributed by atoms with E-state index >= 15 is 0 Å². The number of aromatic amines is 4. The highest BCUT2D eigenvalue weighted by atomic mass is 14.7. The van der Waals surface area contributed by atoms with Crippen molar-refractivity contribution in [3.8, 4) is 0 Å². The van der Waals surface area contributed by atoms with E-state index in [0.717, 1.165) is 44.1 Å². The Hall–Kier alpha value is -7.82. The third kappa shape index (κ3) is 5.11. The fourth-order valence-electron chi connectivity index (χ4n) is 10.2. The van der Waals surface area contributed by atoms with Crippen molar-refractivity contribution in [2.45, 2.75) is 11.8 Å². The average Bonchev–Trinajstić information content (AvgIpc) is 4.07. The van der Waals surface area contributed by atoms with E-state index in [1.54, 1.807) is 0 Å². The summed E-state index contributed by atoms with van der Waals surface area (Å²) in [6.07, 6.45) is 0. The summed E-state index contributed by atoms with van der Waals surface area (Å²) in [5.74, 6) is 0.0255. The number of hydrogen-bond acceptors (Lipinski definition) is 0. The van der Waals surface area contributed by atoms with Gasteiger partial charge in [0.2, 0.25) is 0 Å². The SMILES string of the molecule is c1ccc2c(c1)[nH]c1ccc(C(c3ccc(C(c4ccc5[nH]c6ccccc6c5c4)c4ccc5[nH]c6ccccc6c5c4)cc3)c3ccc4[nH]c5ccccc5c4c3)cc12. The average molecular weight is 767 g/mol. The molecule has 0 radical (unpaired) electrons. The third-order valence-corrected chi connectivity index (χ3v) is 13.1. The van der Waals surface area contributed by atoms with Gasteiger partial charge in [0.15, 0.2) is 0 Å². The minimum Gasteiger partial charge on any atom is -0.355 e. The molecule has 0 fully saturated rings. The predicted molar refractivity (Wildman–Crippen MR) is 252 cm³/mol. The Morgan fingerprint density at radius 2 is 0.417 bits per heavy atom. The van der Waals surface area contributed by atoms with Crippen molar-refractivity contribution in [2.24, 2.45) is 0 Å². The molecule has 0 amide bonds. The molecular weight excluding hydrogens is 729 g/mol. The molecule has 13 rings (SSSR count). The zero-order valence-electron chi connectivity index (χ0n) is 32.6. The third-order valence-electron chi connectivity index (χ3n) is 13.1. The van der Waals surface area contributed by atoms with Crippen molar-refractivity contribution >= 4 is 87.2 Å². The number of nitrogens with one attached hydrogen (secondary N) is 4. The molecule has 0 spiro atoms. The Labute approximate surface area is 345 Å². The van der Waals surface area contributed by atoms with E-state index in [1.165, 1.54) is 76.5 Å². The first-order chi connectivity index (χ1) is 29.7. The maximum absolute atomic E-state index is 3.65. The molecule has 4 heterocycles. The van der Waals surface area contributed by atoms with Gasteiger partial charge in [0, 0.05) is 99.1 Å². The largest absolute Gasteiger partial charge is 0.355 e. The van der Waals surface area contributed by atoms with E-state index in [2.05, 4.69) is 214 Å². The lowest BCUT2D eigenvalue weighted by atomic mass is 9.81. The van der Waals surface area contributed by atoms with Gasteiger partial charge in [-0.2, -0.15) is 0 Å². The monoisotopic (exact) mass is 766 g/mol. The summed E-state index contributed by atoms with van der Waals surface area (Å²) in [7, 11) is 0. The zero-order valence-corrected chi connectivity index (χ0v) is 32.6. The van der Waals surface area contributed by atoms with Gasteiger partial charge in [0.25, 0.3) is 0 Å². The van der Waals surface area contributed by atoms with E-state index in [-0.39, 0.29) is 11.8 Å². The van der Waals surface area contributed by atoms with Gasteiger partial charge < -0.3 is 19.9 Å². The molecule has 4 heteroatoms. The Balaban J connectivity index is 0.996. The summed E-state index contributed by atoms with van der Waals surface area (Å²) in [6.45, 7) is 0. The minimum atomic E-state index is 0.0127. The Morgan fingerprint density at radius 1 is 0.200 bits per heavy atom. The number of hydrogen-bond donors (Lipinski definition) is 4. The molecule has 282 valence electrons. The topological polar surface area (TPSA) is 63.2 Å². The smallest absolute Gasteiger partial charge is 0.0465 e. The van der Waals surface area contributed by atoms with Crippen LogP contribution in [0, 0.1) is 0 Å². The Kier molecular flexibility index (Phi) is 7.10. The summed E-state index contributed by atoms with van der Waals surface area (Å²) < 4.78 is 0. The van der Waals surface area contributed by atoms with Gasteiger partial charge >= 0.3 is 0 Å². The van der Waals surface area contributed by atoms with Crippen LogP contribution >= 0.6 is 0 Å². The van der Waals surface area contributed by atoms with E-state index in [9.17, 15) is 0 Å². The van der Waals surface area contributed by atoms with Crippen LogP contribution in [0.2, 0.25) is 0 Å². The molecule has 0 saturated heterocycles. The molecule has 0 atom stereocenters. The summed E-state index contributed by atoms with van der Waals surface area (Å²) in [5.41, 5.74) is 16.9. The van der Waals surface area contributed by atoms with E-state index in [4.69, 9.17) is 0 Å². The van der Waals surface area contributed by atoms with Crippen molar-refractivity contribution in [1.29, 1.82) is 0 Å². The first-order valence-corrected chi connectivity index (χ1v) is 20.8. The number of aromatic nitrogens is 4. The molecule has 4 N–H and O–H groups in total. The van der Waals surface area contributed by atoms with E-state index < -0.39 is 0 Å². The maximum atomic E-state index is 3.65. The van der Waals surface area contributed by atoms with Gasteiger partial charge in [-0.3, -0.25) is 0 Å². The standard InChI is InChI=1S/C56H38N4/c1-5-13-47-39(9-1)43-29-35(21-25-51(43)57-47)55(36-22-26-52-44(30-36)40-10-2-6-14-48(40)58-52)33-17-19-34(20-18-33)56(37-23-27-53-45(31-37)41-11-3-7-15-49(41)59-53)38-24-28-54-46(32-38)42-12-4-8-16-50(42)60-54/h1-32,55-60H. The number of rotatable bonds is 6.